The first-order chi connectivity index (χ1) is 11.8. The van der Waals surface area contributed by atoms with E-state index in [-0.39, 0.29) is 11.3 Å². The molecule has 0 radical (unpaired) electrons. The summed E-state index contributed by atoms with van der Waals surface area (Å²) >= 11 is 1.21. The average Bonchev–Trinajstić information content (AvgIpc) is 2.61. The Balaban J connectivity index is 2.31. The minimum absolute atomic E-state index is 0.146. The van der Waals surface area contributed by atoms with Crippen LogP contribution in [0.25, 0.3) is 0 Å². The normalized spacial score (nSPS) is 11.9. The first kappa shape index (κ1) is 18.9. The number of rotatable bonds is 5. The number of benzene rings is 2. The molecule has 0 aliphatic heterocycles. The van der Waals surface area contributed by atoms with Crippen LogP contribution in [0.2, 0.25) is 0 Å². The van der Waals surface area contributed by atoms with Crippen molar-refractivity contribution >= 4 is 23.4 Å². The summed E-state index contributed by atoms with van der Waals surface area (Å²) in [6.45, 7) is 1.66. The van der Waals surface area contributed by atoms with Crippen LogP contribution in [0.4, 0.5) is 14.5 Å². The highest BCUT2D eigenvalue weighted by Gasteiger charge is 2.23. The lowest BCUT2D eigenvalue weighted by molar-refractivity contribution is -0.387. The predicted octanol–water partition coefficient (Wildman–Crippen LogP) is 4.43. The fraction of sp³-hybridized carbons (Fsp3) is 0.235. The highest BCUT2D eigenvalue weighted by atomic mass is 32.2. The molecule has 1 atom stereocenters. The van der Waals surface area contributed by atoms with Crippen LogP contribution in [0.1, 0.15) is 28.9 Å². The van der Waals surface area contributed by atoms with Crippen molar-refractivity contribution in [1.82, 2.24) is 4.90 Å². The number of halogens is 2. The third-order valence-electron chi connectivity index (χ3n) is 3.95. The van der Waals surface area contributed by atoms with Gasteiger partial charge in [0.1, 0.15) is 0 Å². The lowest BCUT2D eigenvalue weighted by Crippen LogP contribution is -2.29. The van der Waals surface area contributed by atoms with E-state index < -0.39 is 28.5 Å². The van der Waals surface area contributed by atoms with E-state index >= 15 is 0 Å². The van der Waals surface area contributed by atoms with Gasteiger partial charge in [0.05, 0.1) is 15.9 Å². The van der Waals surface area contributed by atoms with Gasteiger partial charge < -0.3 is 4.90 Å². The molecule has 2 rings (SSSR count). The van der Waals surface area contributed by atoms with Crippen LogP contribution >= 0.6 is 11.8 Å². The molecule has 0 N–H and O–H groups in total. The van der Waals surface area contributed by atoms with E-state index in [1.807, 2.05) is 0 Å². The lowest BCUT2D eigenvalue weighted by atomic mass is 10.1. The number of nitrogens with zero attached hydrogens (tertiary/aromatic N) is 2. The molecule has 0 saturated heterocycles. The van der Waals surface area contributed by atoms with Gasteiger partial charge in [-0.2, -0.15) is 0 Å². The summed E-state index contributed by atoms with van der Waals surface area (Å²) in [5, 5.41) is 11.1. The van der Waals surface area contributed by atoms with Gasteiger partial charge in [-0.05, 0) is 43.0 Å². The smallest absolute Gasteiger partial charge is 0.283 e. The molecule has 0 spiro atoms. The standard InChI is InChI=1S/C17H16F2N2O3S/c1-10(11-4-6-13(18)14(19)8-11)20(2)17(22)12-5-7-16(25-3)15(9-12)21(23)24/h4-10H,1-3H3/t10-/m0/s1. The van der Waals surface area contributed by atoms with E-state index in [9.17, 15) is 23.7 Å². The molecule has 0 aromatic heterocycles. The van der Waals surface area contributed by atoms with Crippen molar-refractivity contribution in [2.24, 2.45) is 0 Å². The zero-order valence-electron chi connectivity index (χ0n) is 13.8. The molecule has 0 bridgehead atoms. The maximum absolute atomic E-state index is 13.4. The molecule has 0 heterocycles. The van der Waals surface area contributed by atoms with Crippen molar-refractivity contribution in [3.8, 4) is 0 Å². The first-order valence-electron chi connectivity index (χ1n) is 7.30. The number of nitro benzene ring substituents is 1. The minimum Gasteiger partial charge on any atom is -0.335 e. The molecule has 0 aliphatic carbocycles. The summed E-state index contributed by atoms with van der Waals surface area (Å²) in [5.74, 6) is -2.41. The van der Waals surface area contributed by atoms with Gasteiger partial charge in [0, 0.05) is 18.7 Å². The van der Waals surface area contributed by atoms with E-state index in [0.29, 0.717) is 10.5 Å². The quantitative estimate of drug-likeness (QED) is 0.446. The Morgan fingerprint density at radius 3 is 2.44 bits per heavy atom. The second-order valence-corrected chi connectivity index (χ2v) is 6.26. The van der Waals surface area contributed by atoms with Gasteiger partial charge in [0.2, 0.25) is 0 Å². The fourth-order valence-electron chi connectivity index (χ4n) is 2.34. The van der Waals surface area contributed by atoms with Crippen LogP contribution in [-0.4, -0.2) is 29.0 Å². The highest BCUT2D eigenvalue weighted by molar-refractivity contribution is 7.98. The molecule has 2 aromatic rings. The monoisotopic (exact) mass is 366 g/mol. The Morgan fingerprint density at radius 2 is 1.88 bits per heavy atom. The van der Waals surface area contributed by atoms with E-state index in [1.54, 1.807) is 13.2 Å². The number of hydrogen-bond donors (Lipinski definition) is 0. The Hall–Kier alpha value is -2.48. The Labute approximate surface area is 147 Å². The van der Waals surface area contributed by atoms with Crippen LogP contribution < -0.4 is 0 Å². The van der Waals surface area contributed by atoms with Crippen LogP contribution in [0.3, 0.4) is 0 Å². The largest absolute Gasteiger partial charge is 0.335 e. The predicted molar refractivity (Wildman–Crippen MR) is 91.7 cm³/mol. The molecule has 25 heavy (non-hydrogen) atoms. The van der Waals surface area contributed by atoms with Crippen molar-refractivity contribution in [2.45, 2.75) is 17.9 Å². The third-order valence-corrected chi connectivity index (χ3v) is 4.73. The number of hydrogen-bond acceptors (Lipinski definition) is 4. The summed E-state index contributed by atoms with van der Waals surface area (Å²) in [5.41, 5.74) is 0.429. The number of amides is 1. The molecule has 2 aromatic carbocycles. The van der Waals surface area contributed by atoms with Crippen LogP contribution in [0, 0.1) is 21.7 Å². The SMILES string of the molecule is CSc1ccc(C(=O)N(C)[C@@H](C)c2ccc(F)c(F)c2)cc1[N+](=O)[O-]. The van der Waals surface area contributed by atoms with Crippen LogP contribution in [0.5, 0.6) is 0 Å². The fourth-order valence-corrected chi connectivity index (χ4v) is 2.89. The zero-order chi connectivity index (χ0) is 18.7. The maximum atomic E-state index is 13.4. The molecular weight excluding hydrogens is 350 g/mol. The Morgan fingerprint density at radius 1 is 1.20 bits per heavy atom. The molecule has 8 heteroatoms. The molecule has 0 unspecified atom stereocenters. The topological polar surface area (TPSA) is 63.5 Å². The van der Waals surface area contributed by atoms with Gasteiger partial charge in [-0.25, -0.2) is 8.78 Å². The van der Waals surface area contributed by atoms with Crippen molar-refractivity contribution in [2.75, 3.05) is 13.3 Å². The van der Waals surface area contributed by atoms with Gasteiger partial charge in [-0.15, -0.1) is 11.8 Å². The highest BCUT2D eigenvalue weighted by Crippen LogP contribution is 2.30. The number of thioether (sulfide) groups is 1. The van der Waals surface area contributed by atoms with E-state index in [1.165, 1.54) is 48.0 Å². The summed E-state index contributed by atoms with van der Waals surface area (Å²) in [6.07, 6.45) is 1.71. The lowest BCUT2D eigenvalue weighted by Gasteiger charge is -2.25. The van der Waals surface area contributed by atoms with E-state index in [2.05, 4.69) is 0 Å². The second-order valence-electron chi connectivity index (χ2n) is 5.41. The number of carbonyl (C=O) groups is 1. The summed E-state index contributed by atoms with van der Waals surface area (Å²) in [4.78, 5) is 25.0. The first-order valence-corrected chi connectivity index (χ1v) is 8.53. The summed E-state index contributed by atoms with van der Waals surface area (Å²) < 4.78 is 26.5. The molecule has 5 nitrogen and oxygen atoms in total. The average molecular weight is 366 g/mol. The van der Waals surface area contributed by atoms with Crippen molar-refractivity contribution in [3.63, 3.8) is 0 Å². The van der Waals surface area contributed by atoms with E-state index in [0.717, 1.165) is 12.1 Å². The summed E-state index contributed by atoms with van der Waals surface area (Å²) in [6, 6.07) is 7.14. The Kier molecular flexibility index (Phi) is 5.73. The maximum Gasteiger partial charge on any atom is 0.283 e. The van der Waals surface area contributed by atoms with Crippen molar-refractivity contribution < 1.29 is 18.5 Å². The molecular formula is C17H16F2N2O3S. The second kappa shape index (κ2) is 7.60. The van der Waals surface area contributed by atoms with Gasteiger partial charge >= 0.3 is 0 Å². The minimum atomic E-state index is -0.995. The van der Waals surface area contributed by atoms with E-state index in [4.69, 9.17) is 0 Å². The van der Waals surface area contributed by atoms with Gasteiger partial charge in [-0.1, -0.05) is 6.07 Å². The van der Waals surface area contributed by atoms with Crippen molar-refractivity contribution in [1.29, 1.82) is 0 Å². The zero-order valence-corrected chi connectivity index (χ0v) is 14.6. The molecule has 0 saturated carbocycles. The summed E-state index contributed by atoms with van der Waals surface area (Å²) in [7, 11) is 1.50. The van der Waals surface area contributed by atoms with Crippen LogP contribution in [0.15, 0.2) is 41.3 Å². The van der Waals surface area contributed by atoms with Gasteiger partial charge in [-0.3, -0.25) is 14.9 Å². The number of carbonyl (C=O) groups excluding carboxylic acids is 1. The number of nitro groups is 1. The van der Waals surface area contributed by atoms with Gasteiger partial charge in [0.15, 0.2) is 11.6 Å². The van der Waals surface area contributed by atoms with Crippen molar-refractivity contribution in [3.05, 3.63) is 69.3 Å². The molecule has 0 aliphatic rings. The third kappa shape index (κ3) is 3.96. The molecule has 1 amide bonds. The Bertz CT molecular complexity index is 830. The molecule has 132 valence electrons. The molecule has 0 fully saturated rings. The van der Waals surface area contributed by atoms with Gasteiger partial charge in [0.25, 0.3) is 11.6 Å². The van der Waals surface area contributed by atoms with Crippen LogP contribution in [-0.2, 0) is 0 Å².